The highest BCUT2D eigenvalue weighted by Crippen LogP contribution is 2.77. The first-order valence-electron chi connectivity index (χ1n) is 13.1. The monoisotopic (exact) mass is 382 g/mol. The molecular weight excluding hydrogens is 336 g/mol. The van der Waals surface area contributed by atoms with Crippen LogP contribution < -0.4 is 0 Å². The molecule has 4 fully saturated rings. The molecule has 0 heterocycles. The van der Waals surface area contributed by atoms with E-state index in [0.29, 0.717) is 0 Å². The van der Waals surface area contributed by atoms with Gasteiger partial charge in [0.15, 0.2) is 0 Å². The van der Waals surface area contributed by atoms with Crippen LogP contribution in [0.5, 0.6) is 0 Å². The third kappa shape index (κ3) is 3.79. The van der Waals surface area contributed by atoms with Gasteiger partial charge in [0.25, 0.3) is 0 Å². The highest BCUT2D eigenvalue weighted by Gasteiger charge is 2.69. The van der Waals surface area contributed by atoms with Crippen molar-refractivity contribution in [2.75, 3.05) is 0 Å². The third-order valence-corrected chi connectivity index (χ3v) is 9.70. The van der Waals surface area contributed by atoms with Crippen LogP contribution in [0.4, 0.5) is 0 Å². The molecule has 4 aliphatic carbocycles. The maximum atomic E-state index is 2.58. The van der Waals surface area contributed by atoms with Gasteiger partial charge >= 0.3 is 0 Å². The summed E-state index contributed by atoms with van der Waals surface area (Å²) >= 11 is 0. The van der Waals surface area contributed by atoms with Gasteiger partial charge in [-0.3, -0.25) is 0 Å². The van der Waals surface area contributed by atoms with Crippen LogP contribution >= 0.6 is 0 Å². The van der Waals surface area contributed by atoms with Crippen LogP contribution in [0.25, 0.3) is 0 Å². The molecule has 0 N–H and O–H groups in total. The largest absolute Gasteiger partial charge is 0.0917 e. The van der Waals surface area contributed by atoms with E-state index >= 15 is 0 Å². The summed E-state index contributed by atoms with van der Waals surface area (Å²) in [7, 11) is 0. The molecule has 28 heavy (non-hydrogen) atoms. The fraction of sp³-hybridized carbons (Fsp3) is 0.857. The molecule has 0 heteroatoms. The molecule has 0 amide bonds. The van der Waals surface area contributed by atoms with E-state index in [-0.39, 0.29) is 0 Å². The first-order valence-corrected chi connectivity index (χ1v) is 13.1. The Morgan fingerprint density at radius 3 is 2.32 bits per heavy atom. The summed E-state index contributed by atoms with van der Waals surface area (Å²) in [6.45, 7) is 4.60. The summed E-state index contributed by atoms with van der Waals surface area (Å²) in [5.74, 6) is 6.71. The standard InChI is InChI=1S/C28H46/c1-3-5-6-7-8-9-10-11-12-13-14-15-18-28-25-17-16-23(20-25)27(28)24-19-22(4-2)26(28)21-24/h3,5,13-14,22-27H,4,6-12,15-21H2,1-2H3. The Bertz CT molecular complexity index is 542. The zero-order valence-electron chi connectivity index (χ0n) is 18.9. The Balaban J connectivity index is 1.19. The predicted molar refractivity (Wildman–Crippen MR) is 122 cm³/mol. The Hall–Kier alpha value is -0.520. The molecule has 4 saturated carbocycles. The van der Waals surface area contributed by atoms with Crippen molar-refractivity contribution in [3.63, 3.8) is 0 Å². The lowest BCUT2D eigenvalue weighted by molar-refractivity contribution is -0.0177. The first kappa shape index (κ1) is 20.7. The second kappa shape index (κ2) is 9.53. The van der Waals surface area contributed by atoms with E-state index in [1.165, 1.54) is 64.2 Å². The quantitative estimate of drug-likeness (QED) is 0.180. The van der Waals surface area contributed by atoms with Crippen LogP contribution in [0.3, 0.4) is 0 Å². The van der Waals surface area contributed by atoms with Gasteiger partial charge in [0.2, 0.25) is 0 Å². The van der Waals surface area contributed by atoms with Crippen LogP contribution in [-0.2, 0) is 0 Å². The smallest absolute Gasteiger partial charge is 0.0202 e. The molecule has 0 spiro atoms. The lowest BCUT2D eigenvalue weighted by Gasteiger charge is -2.50. The highest BCUT2D eigenvalue weighted by atomic mass is 14.7. The number of unbranched alkanes of at least 4 members (excludes halogenated alkanes) is 6. The fourth-order valence-electron chi connectivity index (χ4n) is 8.83. The van der Waals surface area contributed by atoms with E-state index in [1.54, 1.807) is 32.1 Å². The van der Waals surface area contributed by atoms with E-state index in [0.717, 1.165) is 40.9 Å². The van der Waals surface area contributed by atoms with Crippen molar-refractivity contribution in [3.8, 4) is 0 Å². The van der Waals surface area contributed by atoms with Gasteiger partial charge in [0.1, 0.15) is 0 Å². The van der Waals surface area contributed by atoms with Crippen molar-refractivity contribution in [2.45, 2.75) is 110 Å². The van der Waals surface area contributed by atoms with Crippen molar-refractivity contribution >= 4 is 0 Å². The molecule has 0 aromatic rings. The molecule has 0 aromatic carbocycles. The normalized spacial score (nSPS) is 41.1. The second-order valence-corrected chi connectivity index (χ2v) is 10.8. The molecular formula is C28H46. The van der Waals surface area contributed by atoms with Crippen molar-refractivity contribution in [3.05, 3.63) is 24.3 Å². The SMILES string of the molecule is CC=CCCCCCCCC=CCCC12C3CCC(C3)C1C1CC(CC)C2C1. The third-order valence-electron chi connectivity index (χ3n) is 9.70. The van der Waals surface area contributed by atoms with E-state index in [2.05, 4.69) is 38.2 Å². The first-order chi connectivity index (χ1) is 13.8. The minimum atomic E-state index is 0.795. The van der Waals surface area contributed by atoms with Gasteiger partial charge in [0.05, 0.1) is 0 Å². The average Bonchev–Trinajstić information content (AvgIpc) is 3.47. The number of hydrogen-bond acceptors (Lipinski definition) is 0. The summed E-state index contributed by atoms with van der Waals surface area (Å²) in [5.41, 5.74) is 0.795. The van der Waals surface area contributed by atoms with E-state index in [4.69, 9.17) is 0 Å². The Morgan fingerprint density at radius 2 is 1.54 bits per heavy atom. The summed E-state index contributed by atoms with van der Waals surface area (Å²) in [4.78, 5) is 0. The number of rotatable bonds is 12. The van der Waals surface area contributed by atoms with Gasteiger partial charge in [-0.1, -0.05) is 56.9 Å². The number of fused-ring (bicyclic) bond motifs is 9. The highest BCUT2D eigenvalue weighted by molar-refractivity contribution is 5.18. The van der Waals surface area contributed by atoms with Crippen LogP contribution in [-0.4, -0.2) is 0 Å². The molecule has 4 bridgehead atoms. The van der Waals surface area contributed by atoms with Gasteiger partial charge in [0, 0.05) is 0 Å². The van der Waals surface area contributed by atoms with Gasteiger partial charge in [-0.25, -0.2) is 0 Å². The number of allylic oxidation sites excluding steroid dienone is 4. The summed E-state index contributed by atoms with van der Waals surface area (Å²) < 4.78 is 0. The molecule has 158 valence electrons. The second-order valence-electron chi connectivity index (χ2n) is 10.8. The Kier molecular flexibility index (Phi) is 7.06. The zero-order chi connectivity index (χ0) is 19.4. The molecule has 4 rings (SSSR count). The molecule has 7 unspecified atom stereocenters. The van der Waals surface area contributed by atoms with Crippen LogP contribution in [0.1, 0.15) is 110 Å². The van der Waals surface area contributed by atoms with Crippen molar-refractivity contribution in [1.29, 1.82) is 0 Å². The van der Waals surface area contributed by atoms with Crippen LogP contribution in [0.2, 0.25) is 0 Å². The van der Waals surface area contributed by atoms with E-state index in [9.17, 15) is 0 Å². The zero-order valence-corrected chi connectivity index (χ0v) is 18.9. The van der Waals surface area contributed by atoms with Gasteiger partial charge in [-0.15, -0.1) is 0 Å². The average molecular weight is 383 g/mol. The number of hydrogen-bond donors (Lipinski definition) is 0. The van der Waals surface area contributed by atoms with E-state index < -0.39 is 0 Å². The minimum absolute atomic E-state index is 0.795. The van der Waals surface area contributed by atoms with E-state index in [1.807, 2.05) is 0 Å². The maximum absolute atomic E-state index is 2.58. The van der Waals surface area contributed by atoms with Crippen molar-refractivity contribution in [2.24, 2.45) is 40.9 Å². The Labute approximate surface area is 175 Å². The summed E-state index contributed by atoms with van der Waals surface area (Å²) in [6, 6.07) is 0. The van der Waals surface area contributed by atoms with Crippen LogP contribution in [0.15, 0.2) is 24.3 Å². The summed E-state index contributed by atoms with van der Waals surface area (Å²) in [5, 5.41) is 0. The topological polar surface area (TPSA) is 0 Å². The van der Waals surface area contributed by atoms with Crippen LogP contribution in [0, 0.1) is 40.9 Å². The lowest BCUT2D eigenvalue weighted by Crippen LogP contribution is -2.44. The fourth-order valence-corrected chi connectivity index (χ4v) is 8.83. The predicted octanol–water partition coefficient (Wildman–Crippen LogP) is 8.73. The Morgan fingerprint density at radius 1 is 0.786 bits per heavy atom. The summed E-state index contributed by atoms with van der Waals surface area (Å²) in [6.07, 6.45) is 31.6. The minimum Gasteiger partial charge on any atom is -0.0917 e. The van der Waals surface area contributed by atoms with Crippen molar-refractivity contribution in [1.82, 2.24) is 0 Å². The lowest BCUT2D eigenvalue weighted by atomic mass is 9.54. The van der Waals surface area contributed by atoms with Gasteiger partial charge in [-0.05, 0) is 118 Å². The van der Waals surface area contributed by atoms with Crippen molar-refractivity contribution < 1.29 is 0 Å². The maximum Gasteiger partial charge on any atom is -0.0202 e. The van der Waals surface area contributed by atoms with Gasteiger partial charge < -0.3 is 0 Å². The molecule has 0 radical (unpaired) electrons. The molecule has 0 aliphatic heterocycles. The molecule has 0 saturated heterocycles. The molecule has 7 atom stereocenters. The molecule has 4 aliphatic rings. The molecule has 0 nitrogen and oxygen atoms in total. The van der Waals surface area contributed by atoms with Gasteiger partial charge in [-0.2, -0.15) is 0 Å². The molecule has 0 aromatic heterocycles.